The molecule has 0 radical (unpaired) electrons. The summed E-state index contributed by atoms with van der Waals surface area (Å²) in [5.41, 5.74) is 2.18. The Morgan fingerprint density at radius 1 is 1.15 bits per heavy atom. The number of ether oxygens (including phenoxy) is 2. The van der Waals surface area contributed by atoms with Gasteiger partial charge in [-0.25, -0.2) is 0 Å². The van der Waals surface area contributed by atoms with Crippen LogP contribution in [0.15, 0.2) is 30.5 Å². The summed E-state index contributed by atoms with van der Waals surface area (Å²) in [5, 5.41) is 6.45. The van der Waals surface area contributed by atoms with E-state index in [-0.39, 0.29) is 12.6 Å². The van der Waals surface area contributed by atoms with Crippen molar-refractivity contribution in [3.8, 4) is 0 Å². The average Bonchev–Trinajstić information content (AvgIpc) is 3.41. The van der Waals surface area contributed by atoms with E-state index in [0.29, 0.717) is 19.6 Å². The largest absolute Gasteiger partial charge is 0.361 e. The van der Waals surface area contributed by atoms with E-state index in [1.54, 1.807) is 0 Å². The number of carbonyl (C=O) groups excluding carboxylic acids is 2. The summed E-state index contributed by atoms with van der Waals surface area (Å²) < 4.78 is 11.7. The summed E-state index contributed by atoms with van der Waals surface area (Å²) in [5.74, 6) is -1.70. The molecule has 2 amide bonds. The van der Waals surface area contributed by atoms with Crippen molar-refractivity contribution < 1.29 is 19.1 Å². The second kappa shape index (κ2) is 7.70. The number of H-pyrrole nitrogens is 1. The fraction of sp³-hybridized carbons (Fsp3) is 0.500. The maximum Gasteiger partial charge on any atom is 0.309 e. The van der Waals surface area contributed by atoms with Gasteiger partial charge in [-0.1, -0.05) is 18.2 Å². The molecule has 1 aromatic carbocycles. The maximum atomic E-state index is 12.0. The minimum absolute atomic E-state index is 0.189. The molecule has 1 saturated heterocycles. The molecule has 1 saturated carbocycles. The molecule has 3 N–H and O–H groups in total. The van der Waals surface area contributed by atoms with E-state index in [0.717, 1.165) is 42.1 Å². The van der Waals surface area contributed by atoms with Gasteiger partial charge in [-0.3, -0.25) is 9.59 Å². The van der Waals surface area contributed by atoms with Crippen LogP contribution in [-0.4, -0.2) is 48.4 Å². The van der Waals surface area contributed by atoms with E-state index >= 15 is 0 Å². The smallest absolute Gasteiger partial charge is 0.309 e. The van der Waals surface area contributed by atoms with Gasteiger partial charge >= 0.3 is 11.8 Å². The number of aromatic amines is 1. The second-order valence-electron chi connectivity index (χ2n) is 7.24. The molecule has 0 unspecified atom stereocenters. The third-order valence-electron chi connectivity index (χ3n) is 5.33. The Bertz CT molecular complexity index is 825. The van der Waals surface area contributed by atoms with Crippen LogP contribution in [0.25, 0.3) is 10.9 Å². The quantitative estimate of drug-likeness (QED) is 0.697. The van der Waals surface area contributed by atoms with Crippen molar-refractivity contribution in [1.29, 1.82) is 0 Å². The first-order valence-electron chi connectivity index (χ1n) is 9.58. The van der Waals surface area contributed by atoms with E-state index in [1.165, 1.54) is 0 Å². The first-order chi connectivity index (χ1) is 13.2. The molecule has 7 nitrogen and oxygen atoms in total. The highest BCUT2D eigenvalue weighted by molar-refractivity contribution is 6.35. The van der Waals surface area contributed by atoms with Gasteiger partial charge in [0, 0.05) is 43.0 Å². The molecule has 2 heterocycles. The number of benzene rings is 1. The van der Waals surface area contributed by atoms with Crippen molar-refractivity contribution in [3.05, 3.63) is 36.0 Å². The second-order valence-corrected chi connectivity index (χ2v) is 7.24. The van der Waals surface area contributed by atoms with Crippen LogP contribution < -0.4 is 10.6 Å². The summed E-state index contributed by atoms with van der Waals surface area (Å²) in [6, 6.07) is 8.00. The monoisotopic (exact) mass is 371 g/mol. The minimum atomic E-state index is -0.634. The topological polar surface area (TPSA) is 92.5 Å². The number of hydrogen-bond donors (Lipinski definition) is 3. The SMILES string of the molecule is O=C(NCCc1c[nH]c2ccccc12)C(=O)NC[C@@H]1COC2(CCCC2)O1. The zero-order chi connectivity index (χ0) is 18.7. The molecule has 2 aromatic rings. The fourth-order valence-electron chi connectivity index (χ4n) is 3.91. The zero-order valence-corrected chi connectivity index (χ0v) is 15.3. The normalized spacial score (nSPS) is 21.0. The third kappa shape index (κ3) is 3.99. The van der Waals surface area contributed by atoms with E-state index < -0.39 is 17.6 Å². The van der Waals surface area contributed by atoms with Crippen LogP contribution in [0.5, 0.6) is 0 Å². The fourth-order valence-corrected chi connectivity index (χ4v) is 3.91. The number of para-hydroxylation sites is 1. The van der Waals surface area contributed by atoms with Gasteiger partial charge < -0.3 is 25.1 Å². The molecule has 27 heavy (non-hydrogen) atoms. The zero-order valence-electron chi connectivity index (χ0n) is 15.3. The van der Waals surface area contributed by atoms with Crippen LogP contribution in [-0.2, 0) is 25.5 Å². The molecule has 1 aliphatic heterocycles. The summed E-state index contributed by atoms with van der Waals surface area (Å²) in [4.78, 5) is 27.2. The van der Waals surface area contributed by atoms with Gasteiger partial charge in [-0.15, -0.1) is 0 Å². The van der Waals surface area contributed by atoms with E-state index in [9.17, 15) is 9.59 Å². The van der Waals surface area contributed by atoms with E-state index in [4.69, 9.17) is 9.47 Å². The molecular weight excluding hydrogens is 346 g/mol. The summed E-state index contributed by atoms with van der Waals surface area (Å²) in [6.45, 7) is 1.15. The van der Waals surface area contributed by atoms with E-state index in [2.05, 4.69) is 15.6 Å². The van der Waals surface area contributed by atoms with Gasteiger partial charge in [0.05, 0.1) is 6.61 Å². The molecule has 144 valence electrons. The van der Waals surface area contributed by atoms with Gasteiger partial charge in [0.15, 0.2) is 5.79 Å². The van der Waals surface area contributed by atoms with Crippen molar-refractivity contribution in [1.82, 2.24) is 15.6 Å². The molecule has 0 bridgehead atoms. The van der Waals surface area contributed by atoms with Crippen molar-refractivity contribution in [2.75, 3.05) is 19.7 Å². The van der Waals surface area contributed by atoms with Gasteiger partial charge in [0.1, 0.15) is 6.10 Å². The van der Waals surface area contributed by atoms with Gasteiger partial charge in [-0.2, -0.15) is 0 Å². The first kappa shape index (κ1) is 18.0. The summed E-state index contributed by atoms with van der Waals surface area (Å²) in [6.07, 6.45) is 6.44. The highest BCUT2D eigenvalue weighted by atomic mass is 16.7. The maximum absolute atomic E-state index is 12.0. The van der Waals surface area contributed by atoms with Crippen LogP contribution in [0.2, 0.25) is 0 Å². The number of rotatable bonds is 5. The lowest BCUT2D eigenvalue weighted by Gasteiger charge is -2.21. The molecule has 2 aliphatic rings. The Morgan fingerprint density at radius 2 is 1.93 bits per heavy atom. The summed E-state index contributed by atoms with van der Waals surface area (Å²) in [7, 11) is 0. The lowest BCUT2D eigenvalue weighted by Crippen LogP contribution is -2.44. The minimum Gasteiger partial charge on any atom is -0.361 e. The number of aromatic nitrogens is 1. The molecule has 1 aromatic heterocycles. The Morgan fingerprint density at radius 3 is 2.78 bits per heavy atom. The van der Waals surface area contributed by atoms with E-state index in [1.807, 2.05) is 30.5 Å². The standard InChI is InChI=1S/C20H25N3O4/c24-18(21-10-7-14-11-22-17-6-2-1-5-16(14)17)19(25)23-12-15-13-26-20(27-15)8-3-4-9-20/h1-2,5-6,11,15,22H,3-4,7-10,12-13H2,(H,21,24)(H,23,25)/t15-/m1/s1. The van der Waals surface area contributed by atoms with Crippen molar-refractivity contribution in [3.63, 3.8) is 0 Å². The number of carbonyl (C=O) groups is 2. The molecule has 4 rings (SSSR count). The predicted molar refractivity (Wildman–Crippen MR) is 100 cm³/mol. The number of amides is 2. The Balaban J connectivity index is 1.19. The number of nitrogens with one attached hydrogen (secondary N) is 3. The van der Waals surface area contributed by atoms with Crippen LogP contribution in [0.1, 0.15) is 31.2 Å². The van der Waals surface area contributed by atoms with Crippen LogP contribution in [0, 0.1) is 0 Å². The molecular formula is C20H25N3O4. The Hall–Kier alpha value is -2.38. The lowest BCUT2D eigenvalue weighted by molar-refractivity contribution is -0.161. The Kier molecular flexibility index (Phi) is 5.13. The molecule has 1 atom stereocenters. The molecule has 7 heteroatoms. The predicted octanol–water partition coefficient (Wildman–Crippen LogP) is 1.63. The molecule has 2 fully saturated rings. The Labute approximate surface area is 157 Å². The van der Waals surface area contributed by atoms with Gasteiger partial charge in [0.25, 0.3) is 0 Å². The number of hydrogen-bond acceptors (Lipinski definition) is 4. The average molecular weight is 371 g/mol. The number of fused-ring (bicyclic) bond motifs is 1. The lowest BCUT2D eigenvalue weighted by atomic mass is 10.1. The van der Waals surface area contributed by atoms with Gasteiger partial charge in [0.2, 0.25) is 0 Å². The van der Waals surface area contributed by atoms with Crippen LogP contribution in [0.3, 0.4) is 0 Å². The van der Waals surface area contributed by atoms with Crippen molar-refractivity contribution in [2.45, 2.75) is 44.0 Å². The van der Waals surface area contributed by atoms with Crippen molar-refractivity contribution >= 4 is 22.7 Å². The van der Waals surface area contributed by atoms with Gasteiger partial charge in [-0.05, 0) is 30.9 Å². The third-order valence-corrected chi connectivity index (χ3v) is 5.33. The first-order valence-corrected chi connectivity index (χ1v) is 9.58. The highest BCUT2D eigenvalue weighted by Gasteiger charge is 2.43. The van der Waals surface area contributed by atoms with Crippen molar-refractivity contribution in [2.24, 2.45) is 0 Å². The molecule has 1 spiro atoms. The highest BCUT2D eigenvalue weighted by Crippen LogP contribution is 2.38. The molecule has 1 aliphatic carbocycles. The van der Waals surface area contributed by atoms with Crippen LogP contribution in [0.4, 0.5) is 0 Å². The summed E-state index contributed by atoms with van der Waals surface area (Å²) >= 11 is 0. The van der Waals surface area contributed by atoms with Crippen LogP contribution >= 0.6 is 0 Å².